The lowest BCUT2D eigenvalue weighted by molar-refractivity contribution is -0.141. The van der Waals surface area contributed by atoms with Crippen LogP contribution in [0.4, 0.5) is 13.2 Å². The minimum Gasteiger partial charge on any atom is -0.344 e. The lowest BCUT2D eigenvalue weighted by Gasteiger charge is -2.15. The van der Waals surface area contributed by atoms with Crippen molar-refractivity contribution in [2.45, 2.75) is 44.9 Å². The summed E-state index contributed by atoms with van der Waals surface area (Å²) in [4.78, 5) is 15.6. The molecule has 2 aromatic rings. The zero-order valence-electron chi connectivity index (χ0n) is 13.1. The van der Waals surface area contributed by atoms with Gasteiger partial charge in [0.25, 0.3) is 5.91 Å². The highest BCUT2D eigenvalue weighted by Crippen LogP contribution is 2.30. The van der Waals surface area contributed by atoms with E-state index in [2.05, 4.69) is 15.4 Å². The molecule has 1 unspecified atom stereocenters. The van der Waals surface area contributed by atoms with Crippen molar-refractivity contribution in [2.24, 2.45) is 0 Å². The molecule has 0 radical (unpaired) electrons. The lowest BCUT2D eigenvalue weighted by atomic mass is 10.1. The van der Waals surface area contributed by atoms with Crippen molar-refractivity contribution < 1.29 is 18.0 Å². The zero-order valence-corrected chi connectivity index (χ0v) is 13.1. The summed E-state index contributed by atoms with van der Waals surface area (Å²) in [5.74, 6) is -0.811. The number of halogens is 3. The van der Waals surface area contributed by atoms with Crippen molar-refractivity contribution in [3.8, 4) is 0 Å². The van der Waals surface area contributed by atoms with Crippen LogP contribution in [0.2, 0.25) is 0 Å². The number of nitrogens with zero attached hydrogens (tertiary/aromatic N) is 3. The molecular formula is C16H17F3N4O. The number of carbonyl (C=O) groups excluding carboxylic acids is 1. The summed E-state index contributed by atoms with van der Waals surface area (Å²) in [7, 11) is 0. The molecule has 0 aliphatic carbocycles. The first-order valence-corrected chi connectivity index (χ1v) is 7.76. The second kappa shape index (κ2) is 6.26. The van der Waals surface area contributed by atoms with Crippen LogP contribution in [0.5, 0.6) is 0 Å². The first-order chi connectivity index (χ1) is 11.4. The van der Waals surface area contributed by atoms with Gasteiger partial charge in [-0.2, -0.15) is 18.3 Å². The second-order valence-electron chi connectivity index (χ2n) is 5.83. The number of pyridine rings is 1. The molecule has 1 atom stereocenters. The molecule has 8 heteroatoms. The van der Waals surface area contributed by atoms with Crippen molar-refractivity contribution in [3.05, 3.63) is 47.0 Å². The standard InChI is InChI=1S/C16H17F3N4O/c1-10(13-9-11-5-2-3-8-23(11)22-13)21-15(24)12-6-4-7-20-14(12)16(17,18)19/h4,6-7,9-10H,2-3,5,8H2,1H3,(H,21,24). The van der Waals surface area contributed by atoms with E-state index in [9.17, 15) is 18.0 Å². The molecule has 3 rings (SSSR count). The Morgan fingerprint density at radius 2 is 2.17 bits per heavy atom. The van der Waals surface area contributed by atoms with Crippen LogP contribution >= 0.6 is 0 Å². The molecule has 1 N–H and O–H groups in total. The van der Waals surface area contributed by atoms with Crippen molar-refractivity contribution in [1.82, 2.24) is 20.1 Å². The number of aromatic nitrogens is 3. The Kier molecular flexibility index (Phi) is 4.29. The van der Waals surface area contributed by atoms with Crippen molar-refractivity contribution in [3.63, 3.8) is 0 Å². The van der Waals surface area contributed by atoms with Gasteiger partial charge in [-0.1, -0.05) is 0 Å². The molecule has 5 nitrogen and oxygen atoms in total. The highest BCUT2D eigenvalue weighted by molar-refractivity contribution is 5.95. The molecule has 0 saturated heterocycles. The van der Waals surface area contributed by atoms with Crippen LogP contribution in [0.25, 0.3) is 0 Å². The minimum atomic E-state index is -4.68. The van der Waals surface area contributed by atoms with E-state index in [-0.39, 0.29) is 0 Å². The summed E-state index contributed by atoms with van der Waals surface area (Å²) in [6.45, 7) is 2.53. The maximum Gasteiger partial charge on any atom is 0.434 e. The van der Waals surface area contributed by atoms with Gasteiger partial charge in [-0.25, -0.2) is 0 Å². The normalized spacial score (nSPS) is 15.7. The van der Waals surface area contributed by atoms with Gasteiger partial charge in [-0.3, -0.25) is 14.5 Å². The third-order valence-corrected chi connectivity index (χ3v) is 4.05. The van der Waals surface area contributed by atoms with Crippen LogP contribution in [0, 0.1) is 0 Å². The Hall–Kier alpha value is -2.38. The average molecular weight is 338 g/mol. The largest absolute Gasteiger partial charge is 0.434 e. The Balaban J connectivity index is 1.79. The third-order valence-electron chi connectivity index (χ3n) is 4.05. The van der Waals surface area contributed by atoms with Gasteiger partial charge in [0.05, 0.1) is 17.3 Å². The van der Waals surface area contributed by atoms with E-state index in [0.717, 1.165) is 43.8 Å². The predicted molar refractivity (Wildman–Crippen MR) is 80.3 cm³/mol. The number of carbonyl (C=O) groups is 1. The number of fused-ring (bicyclic) bond motifs is 1. The molecule has 1 aliphatic rings. The molecule has 0 fully saturated rings. The number of aryl methyl sites for hydroxylation is 2. The van der Waals surface area contributed by atoms with E-state index in [1.807, 2.05) is 10.7 Å². The van der Waals surface area contributed by atoms with Gasteiger partial charge in [0, 0.05) is 18.4 Å². The molecule has 0 saturated carbocycles. The summed E-state index contributed by atoms with van der Waals surface area (Å²) in [5.41, 5.74) is 0.0760. The number of amides is 1. The van der Waals surface area contributed by atoms with E-state index in [4.69, 9.17) is 0 Å². The van der Waals surface area contributed by atoms with Crippen molar-refractivity contribution >= 4 is 5.91 Å². The number of hydrogen-bond acceptors (Lipinski definition) is 3. The highest BCUT2D eigenvalue weighted by Gasteiger charge is 2.37. The zero-order chi connectivity index (χ0) is 17.3. The average Bonchev–Trinajstić information content (AvgIpc) is 2.98. The number of hydrogen-bond donors (Lipinski definition) is 1. The highest BCUT2D eigenvalue weighted by atomic mass is 19.4. The van der Waals surface area contributed by atoms with Crippen LogP contribution in [-0.2, 0) is 19.1 Å². The maximum atomic E-state index is 13.0. The second-order valence-corrected chi connectivity index (χ2v) is 5.83. The van der Waals surface area contributed by atoms with E-state index < -0.39 is 29.4 Å². The van der Waals surface area contributed by atoms with Gasteiger partial charge in [0.2, 0.25) is 0 Å². The van der Waals surface area contributed by atoms with Gasteiger partial charge >= 0.3 is 6.18 Å². The molecule has 2 aromatic heterocycles. The molecule has 3 heterocycles. The van der Waals surface area contributed by atoms with E-state index in [0.29, 0.717) is 5.69 Å². The summed E-state index contributed by atoms with van der Waals surface area (Å²) < 4.78 is 40.8. The Morgan fingerprint density at radius 1 is 1.38 bits per heavy atom. The first-order valence-electron chi connectivity index (χ1n) is 7.76. The van der Waals surface area contributed by atoms with E-state index in [1.165, 1.54) is 6.07 Å². The molecule has 128 valence electrons. The van der Waals surface area contributed by atoms with Gasteiger partial charge < -0.3 is 5.32 Å². The van der Waals surface area contributed by atoms with Crippen LogP contribution in [0.3, 0.4) is 0 Å². The first kappa shape index (κ1) is 16.5. The van der Waals surface area contributed by atoms with Crippen LogP contribution < -0.4 is 5.32 Å². The Bertz CT molecular complexity index is 731. The van der Waals surface area contributed by atoms with Gasteiger partial charge in [-0.05, 0) is 44.4 Å². The molecule has 0 bridgehead atoms. The fraction of sp³-hybridized carbons (Fsp3) is 0.438. The summed E-state index contributed by atoms with van der Waals surface area (Å²) in [5, 5.41) is 7.01. The molecule has 0 aromatic carbocycles. The lowest BCUT2D eigenvalue weighted by Crippen LogP contribution is -2.29. The summed E-state index contributed by atoms with van der Waals surface area (Å²) in [6.07, 6.45) is -0.582. The van der Waals surface area contributed by atoms with Gasteiger partial charge in [0.15, 0.2) is 5.69 Å². The molecule has 1 aliphatic heterocycles. The molecule has 24 heavy (non-hydrogen) atoms. The fourth-order valence-corrected chi connectivity index (χ4v) is 2.81. The predicted octanol–water partition coefficient (Wildman–Crippen LogP) is 3.12. The van der Waals surface area contributed by atoms with Crippen molar-refractivity contribution in [1.29, 1.82) is 0 Å². The van der Waals surface area contributed by atoms with Crippen LogP contribution in [0.15, 0.2) is 24.4 Å². The maximum absolute atomic E-state index is 13.0. The van der Waals surface area contributed by atoms with E-state index >= 15 is 0 Å². The summed E-state index contributed by atoms with van der Waals surface area (Å²) in [6, 6.07) is 3.84. The Labute approximate surface area is 136 Å². The molecular weight excluding hydrogens is 321 g/mol. The van der Waals surface area contributed by atoms with Crippen LogP contribution in [0.1, 0.15) is 53.2 Å². The van der Waals surface area contributed by atoms with E-state index in [1.54, 1.807) is 6.92 Å². The Morgan fingerprint density at radius 3 is 2.88 bits per heavy atom. The number of alkyl halides is 3. The monoisotopic (exact) mass is 338 g/mol. The van der Waals surface area contributed by atoms with Gasteiger partial charge in [0.1, 0.15) is 0 Å². The SMILES string of the molecule is CC(NC(=O)c1cccnc1C(F)(F)F)c1cc2n(n1)CCCC2. The minimum absolute atomic E-state index is 0.485. The van der Waals surface area contributed by atoms with Crippen molar-refractivity contribution in [2.75, 3.05) is 0 Å². The summed E-state index contributed by atoms with van der Waals surface area (Å²) >= 11 is 0. The number of nitrogens with one attached hydrogen (secondary N) is 1. The smallest absolute Gasteiger partial charge is 0.344 e. The quantitative estimate of drug-likeness (QED) is 0.935. The molecule has 1 amide bonds. The van der Waals surface area contributed by atoms with Crippen LogP contribution in [-0.4, -0.2) is 20.7 Å². The number of rotatable bonds is 3. The molecule has 0 spiro atoms. The topological polar surface area (TPSA) is 59.8 Å². The van der Waals surface area contributed by atoms with Gasteiger partial charge in [-0.15, -0.1) is 0 Å². The fourth-order valence-electron chi connectivity index (χ4n) is 2.81. The third kappa shape index (κ3) is 3.27.